The Labute approximate surface area is 125 Å². The minimum Gasteiger partial charge on any atom is -0.461 e. The van der Waals surface area contributed by atoms with Gasteiger partial charge in [0.15, 0.2) is 11.5 Å². The van der Waals surface area contributed by atoms with Crippen molar-refractivity contribution in [3.63, 3.8) is 0 Å². The van der Waals surface area contributed by atoms with E-state index in [1.807, 2.05) is 0 Å². The summed E-state index contributed by atoms with van der Waals surface area (Å²) in [7, 11) is 0. The van der Waals surface area contributed by atoms with Gasteiger partial charge in [0, 0.05) is 16.1 Å². The first-order valence-corrected chi connectivity index (χ1v) is 6.62. The number of hydrogen-bond acceptors (Lipinski definition) is 4. The van der Waals surface area contributed by atoms with Crippen LogP contribution < -0.4 is 0 Å². The lowest BCUT2D eigenvalue weighted by molar-refractivity contribution is 0.0514. The van der Waals surface area contributed by atoms with E-state index in [9.17, 15) is 4.79 Å². The van der Waals surface area contributed by atoms with Gasteiger partial charge >= 0.3 is 5.97 Å². The molecule has 1 aromatic carbocycles. The van der Waals surface area contributed by atoms with E-state index in [0.29, 0.717) is 15.8 Å². The molecule has 0 saturated carbocycles. The van der Waals surface area contributed by atoms with Crippen LogP contribution >= 0.6 is 23.2 Å². The Morgan fingerprint density at radius 3 is 2.60 bits per heavy atom. The van der Waals surface area contributed by atoms with Gasteiger partial charge in [-0.1, -0.05) is 34.4 Å². The molecule has 4 nitrogen and oxygen atoms in total. The molecule has 0 fully saturated rings. The van der Waals surface area contributed by atoms with Crippen LogP contribution in [0.5, 0.6) is 0 Å². The van der Waals surface area contributed by atoms with E-state index in [2.05, 4.69) is 5.16 Å². The molecule has 1 heterocycles. The summed E-state index contributed by atoms with van der Waals surface area (Å²) in [6, 6.07) is 6.66. The molecule has 20 heavy (non-hydrogen) atoms. The predicted molar refractivity (Wildman–Crippen MR) is 77.8 cm³/mol. The summed E-state index contributed by atoms with van der Waals surface area (Å²) in [4.78, 5) is 11.4. The van der Waals surface area contributed by atoms with Gasteiger partial charge in [0.05, 0.1) is 6.61 Å². The molecule has 0 radical (unpaired) electrons. The summed E-state index contributed by atoms with van der Waals surface area (Å²) in [5.74, 6) is -0.0779. The lowest BCUT2D eigenvalue weighted by Crippen LogP contribution is -2.04. The summed E-state index contributed by atoms with van der Waals surface area (Å²) in [5, 5.41) is 4.72. The Kier molecular flexibility index (Phi) is 4.82. The molecule has 0 bridgehead atoms. The summed E-state index contributed by atoms with van der Waals surface area (Å²) in [5.41, 5.74) is 0.951. The molecule has 0 saturated heterocycles. The fourth-order valence-corrected chi connectivity index (χ4v) is 2.06. The third-order valence-corrected chi connectivity index (χ3v) is 2.77. The Morgan fingerprint density at radius 2 is 1.95 bits per heavy atom. The maximum Gasteiger partial charge on any atom is 0.360 e. The number of nitrogens with zero attached hydrogens (tertiary/aromatic N) is 1. The molecule has 0 atom stereocenters. The number of hydrogen-bond donors (Lipinski definition) is 0. The van der Waals surface area contributed by atoms with E-state index in [4.69, 9.17) is 32.5 Å². The van der Waals surface area contributed by atoms with Gasteiger partial charge in [-0.25, -0.2) is 4.79 Å². The molecule has 2 aromatic rings. The van der Waals surface area contributed by atoms with Crippen LogP contribution in [0.3, 0.4) is 0 Å². The first-order valence-electron chi connectivity index (χ1n) is 5.86. The fraction of sp³-hybridized carbons (Fsp3) is 0.143. The van der Waals surface area contributed by atoms with Crippen LogP contribution in [0.1, 0.15) is 28.7 Å². The highest BCUT2D eigenvalue weighted by atomic mass is 35.5. The topological polar surface area (TPSA) is 52.3 Å². The van der Waals surface area contributed by atoms with Gasteiger partial charge in [0.2, 0.25) is 0 Å². The summed E-state index contributed by atoms with van der Waals surface area (Å²) >= 11 is 11.8. The molecular formula is C14H11Cl2NO3. The average molecular weight is 312 g/mol. The van der Waals surface area contributed by atoms with Crippen molar-refractivity contribution in [3.05, 3.63) is 51.3 Å². The van der Waals surface area contributed by atoms with Crippen molar-refractivity contribution in [2.45, 2.75) is 6.92 Å². The van der Waals surface area contributed by atoms with Crippen LogP contribution in [-0.4, -0.2) is 17.7 Å². The normalized spacial score (nSPS) is 10.9. The van der Waals surface area contributed by atoms with Gasteiger partial charge in [-0.3, -0.25) is 0 Å². The smallest absolute Gasteiger partial charge is 0.360 e. The standard InChI is InChI=1S/C14H11Cl2NO3/c1-2-19-14(18)13-8-12(20-17-13)4-3-9-5-10(15)7-11(16)6-9/h3-8H,2H2,1H3/b4-3+. The summed E-state index contributed by atoms with van der Waals surface area (Å²) < 4.78 is 9.83. The van der Waals surface area contributed by atoms with Crippen LogP contribution in [0.4, 0.5) is 0 Å². The predicted octanol–water partition coefficient (Wildman–Crippen LogP) is 4.33. The molecule has 0 aliphatic rings. The number of aromatic nitrogens is 1. The third-order valence-electron chi connectivity index (χ3n) is 2.34. The van der Waals surface area contributed by atoms with Crippen LogP contribution in [0, 0.1) is 0 Å². The number of halogens is 2. The van der Waals surface area contributed by atoms with E-state index < -0.39 is 5.97 Å². The minimum atomic E-state index is -0.512. The maximum absolute atomic E-state index is 11.4. The van der Waals surface area contributed by atoms with Crippen molar-refractivity contribution >= 4 is 41.3 Å². The number of rotatable bonds is 4. The lowest BCUT2D eigenvalue weighted by Gasteiger charge is -1.96. The maximum atomic E-state index is 11.4. The van der Waals surface area contributed by atoms with Crippen LogP contribution in [0.2, 0.25) is 10.0 Å². The average Bonchev–Trinajstić information content (AvgIpc) is 2.84. The highest BCUT2D eigenvalue weighted by molar-refractivity contribution is 6.34. The molecule has 104 valence electrons. The van der Waals surface area contributed by atoms with Gasteiger partial charge in [-0.05, 0) is 36.8 Å². The summed E-state index contributed by atoms with van der Waals surface area (Å²) in [6.45, 7) is 2.01. The lowest BCUT2D eigenvalue weighted by atomic mass is 10.2. The van der Waals surface area contributed by atoms with Crippen molar-refractivity contribution in [3.8, 4) is 0 Å². The molecule has 0 amide bonds. The van der Waals surface area contributed by atoms with E-state index >= 15 is 0 Å². The SMILES string of the molecule is CCOC(=O)c1cc(/C=C/c2cc(Cl)cc(Cl)c2)on1. The zero-order chi connectivity index (χ0) is 14.5. The third kappa shape index (κ3) is 3.85. The largest absolute Gasteiger partial charge is 0.461 e. The van der Waals surface area contributed by atoms with E-state index in [1.165, 1.54) is 6.07 Å². The van der Waals surface area contributed by atoms with Gasteiger partial charge in [-0.2, -0.15) is 0 Å². The molecule has 6 heteroatoms. The van der Waals surface area contributed by atoms with Crippen LogP contribution in [0.25, 0.3) is 12.2 Å². The van der Waals surface area contributed by atoms with Gasteiger partial charge in [-0.15, -0.1) is 0 Å². The van der Waals surface area contributed by atoms with E-state index in [0.717, 1.165) is 5.56 Å². The molecule has 0 spiro atoms. The van der Waals surface area contributed by atoms with E-state index in [1.54, 1.807) is 37.3 Å². The first-order chi connectivity index (χ1) is 9.58. The summed E-state index contributed by atoms with van der Waals surface area (Å²) in [6.07, 6.45) is 3.42. The van der Waals surface area contributed by atoms with Crippen LogP contribution in [-0.2, 0) is 4.74 Å². The quantitative estimate of drug-likeness (QED) is 0.789. The Morgan fingerprint density at radius 1 is 1.25 bits per heavy atom. The molecule has 0 aliphatic heterocycles. The van der Waals surface area contributed by atoms with Crippen LogP contribution in [0.15, 0.2) is 28.8 Å². The second-order valence-corrected chi connectivity index (χ2v) is 4.74. The van der Waals surface area contributed by atoms with Crippen molar-refractivity contribution in [2.75, 3.05) is 6.61 Å². The Balaban J connectivity index is 2.13. The van der Waals surface area contributed by atoms with Gasteiger partial charge in [0.1, 0.15) is 0 Å². The van der Waals surface area contributed by atoms with Gasteiger partial charge < -0.3 is 9.26 Å². The Bertz CT molecular complexity index is 629. The number of benzene rings is 1. The molecule has 2 rings (SSSR count). The van der Waals surface area contributed by atoms with Gasteiger partial charge in [0.25, 0.3) is 0 Å². The van der Waals surface area contributed by atoms with E-state index in [-0.39, 0.29) is 12.3 Å². The monoisotopic (exact) mass is 311 g/mol. The number of esters is 1. The minimum absolute atomic E-state index is 0.135. The molecule has 0 aliphatic carbocycles. The highest BCUT2D eigenvalue weighted by Gasteiger charge is 2.11. The zero-order valence-corrected chi connectivity index (χ0v) is 12.1. The molecule has 0 N–H and O–H groups in total. The van der Waals surface area contributed by atoms with Crippen molar-refractivity contribution in [2.24, 2.45) is 0 Å². The number of carbonyl (C=O) groups excluding carboxylic acids is 1. The number of carbonyl (C=O) groups is 1. The zero-order valence-electron chi connectivity index (χ0n) is 10.6. The van der Waals surface area contributed by atoms with Crippen molar-refractivity contribution < 1.29 is 14.1 Å². The first kappa shape index (κ1) is 14.6. The fourth-order valence-electron chi connectivity index (χ4n) is 1.52. The second-order valence-electron chi connectivity index (χ2n) is 3.87. The second kappa shape index (κ2) is 6.59. The number of ether oxygens (including phenoxy) is 1. The Hall–Kier alpha value is -1.78. The highest BCUT2D eigenvalue weighted by Crippen LogP contribution is 2.20. The van der Waals surface area contributed by atoms with Crippen molar-refractivity contribution in [1.82, 2.24) is 5.16 Å². The molecule has 1 aromatic heterocycles. The van der Waals surface area contributed by atoms with Crippen molar-refractivity contribution in [1.29, 1.82) is 0 Å². The molecular weight excluding hydrogens is 301 g/mol. The molecule has 0 unspecified atom stereocenters.